The van der Waals surface area contributed by atoms with Crippen molar-refractivity contribution in [3.8, 4) is 0 Å². The summed E-state index contributed by atoms with van der Waals surface area (Å²) in [7, 11) is -3.47. The fraction of sp³-hybridized carbons (Fsp3) is 0.529. The number of rotatable bonds is 7. The molecule has 1 aromatic rings. The third-order valence-corrected chi connectivity index (χ3v) is 5.87. The van der Waals surface area contributed by atoms with E-state index in [0.29, 0.717) is 25.2 Å². The molecule has 1 aliphatic heterocycles. The Morgan fingerprint density at radius 2 is 1.80 bits per heavy atom. The second kappa shape index (κ2) is 8.44. The highest BCUT2D eigenvalue weighted by Gasteiger charge is 2.27. The van der Waals surface area contributed by atoms with E-state index in [-0.39, 0.29) is 11.3 Å². The van der Waals surface area contributed by atoms with E-state index in [9.17, 15) is 18.0 Å². The van der Waals surface area contributed by atoms with Crippen LogP contribution in [0.4, 0.5) is 5.69 Å². The zero-order valence-corrected chi connectivity index (χ0v) is 15.3. The SMILES string of the molecule is CCCC(=O)O[C@H](C)C(=O)Nc1ccc(S(=O)(=O)N2CCCC2)cc1. The standard InChI is InChI=1S/C17H24N2O5S/c1-3-6-16(20)24-13(2)17(21)18-14-7-9-15(10-8-14)25(22,23)19-11-4-5-12-19/h7-10,13H,3-6,11-12H2,1-2H3,(H,18,21)/t13-/m1/s1. The zero-order valence-electron chi connectivity index (χ0n) is 14.5. The van der Waals surface area contributed by atoms with Gasteiger partial charge in [-0.15, -0.1) is 0 Å². The molecular formula is C17H24N2O5S. The molecular weight excluding hydrogens is 344 g/mol. The molecule has 138 valence electrons. The van der Waals surface area contributed by atoms with Crippen LogP contribution in [0.5, 0.6) is 0 Å². The van der Waals surface area contributed by atoms with Crippen LogP contribution in [0.2, 0.25) is 0 Å². The number of hydrogen-bond donors (Lipinski definition) is 1. The first-order valence-electron chi connectivity index (χ1n) is 8.45. The minimum absolute atomic E-state index is 0.204. The van der Waals surface area contributed by atoms with Gasteiger partial charge in [-0.3, -0.25) is 9.59 Å². The third kappa shape index (κ3) is 5.02. The highest BCUT2D eigenvalue weighted by Crippen LogP contribution is 2.22. The Balaban J connectivity index is 1.98. The van der Waals surface area contributed by atoms with Crippen LogP contribution < -0.4 is 5.32 Å². The van der Waals surface area contributed by atoms with Gasteiger partial charge in [0.1, 0.15) is 0 Å². The first-order valence-corrected chi connectivity index (χ1v) is 9.89. The summed E-state index contributed by atoms with van der Waals surface area (Å²) in [6, 6.07) is 6.00. The number of anilines is 1. The van der Waals surface area contributed by atoms with Crippen LogP contribution in [0.25, 0.3) is 0 Å². The highest BCUT2D eigenvalue weighted by atomic mass is 32.2. The molecule has 1 aliphatic rings. The van der Waals surface area contributed by atoms with E-state index in [1.807, 2.05) is 6.92 Å². The monoisotopic (exact) mass is 368 g/mol. The van der Waals surface area contributed by atoms with E-state index < -0.39 is 28.0 Å². The Morgan fingerprint density at radius 3 is 2.36 bits per heavy atom. The Hall–Kier alpha value is -1.93. The van der Waals surface area contributed by atoms with E-state index >= 15 is 0 Å². The first kappa shape index (κ1) is 19.4. The molecule has 1 aromatic carbocycles. The Bertz CT molecular complexity index is 709. The molecule has 0 radical (unpaired) electrons. The predicted octanol–water partition coefficient (Wildman–Crippen LogP) is 2.14. The van der Waals surface area contributed by atoms with Crippen LogP contribution in [-0.2, 0) is 24.3 Å². The summed E-state index contributed by atoms with van der Waals surface area (Å²) in [5, 5.41) is 2.61. The molecule has 0 unspecified atom stereocenters. The van der Waals surface area contributed by atoms with Gasteiger partial charge < -0.3 is 10.1 Å². The number of amides is 1. The maximum atomic E-state index is 12.4. The molecule has 7 nitrogen and oxygen atoms in total. The van der Waals surface area contributed by atoms with Gasteiger partial charge in [0.15, 0.2) is 6.10 Å². The number of sulfonamides is 1. The summed E-state index contributed by atoms with van der Waals surface area (Å²) in [6.07, 6.45) is 1.76. The molecule has 0 spiro atoms. The van der Waals surface area contributed by atoms with Gasteiger partial charge in [0.25, 0.3) is 5.91 Å². The molecule has 0 saturated carbocycles. The van der Waals surface area contributed by atoms with Gasteiger partial charge in [-0.2, -0.15) is 4.31 Å². The molecule has 8 heteroatoms. The van der Waals surface area contributed by atoms with Crippen molar-refractivity contribution in [1.82, 2.24) is 4.31 Å². The second-order valence-corrected chi connectivity index (χ2v) is 7.94. The molecule has 2 rings (SSSR count). The van der Waals surface area contributed by atoms with Crippen molar-refractivity contribution in [3.05, 3.63) is 24.3 Å². The summed E-state index contributed by atoms with van der Waals surface area (Å²) in [4.78, 5) is 23.6. The smallest absolute Gasteiger partial charge is 0.306 e. The lowest BCUT2D eigenvalue weighted by Crippen LogP contribution is -2.30. The van der Waals surface area contributed by atoms with Gasteiger partial charge in [0, 0.05) is 25.2 Å². The maximum absolute atomic E-state index is 12.4. The molecule has 0 aromatic heterocycles. The number of carbonyl (C=O) groups excluding carboxylic acids is 2. The summed E-state index contributed by atoms with van der Waals surface area (Å²) >= 11 is 0. The quantitative estimate of drug-likeness (QED) is 0.744. The van der Waals surface area contributed by atoms with Crippen molar-refractivity contribution in [2.45, 2.75) is 50.5 Å². The minimum Gasteiger partial charge on any atom is -0.453 e. The largest absolute Gasteiger partial charge is 0.453 e. The normalized spacial score (nSPS) is 16.4. The van der Waals surface area contributed by atoms with Crippen LogP contribution in [0.1, 0.15) is 39.5 Å². The number of nitrogens with one attached hydrogen (secondary N) is 1. The molecule has 1 atom stereocenters. The number of ether oxygens (including phenoxy) is 1. The average molecular weight is 368 g/mol. The lowest BCUT2D eigenvalue weighted by molar-refractivity contribution is -0.153. The number of esters is 1. The molecule has 0 aliphatic carbocycles. The zero-order chi connectivity index (χ0) is 18.4. The summed E-state index contributed by atoms with van der Waals surface area (Å²) in [5.74, 6) is -0.878. The summed E-state index contributed by atoms with van der Waals surface area (Å²) in [6.45, 7) is 4.43. The van der Waals surface area contributed by atoms with Gasteiger partial charge in [-0.1, -0.05) is 6.92 Å². The molecule has 1 saturated heterocycles. The molecule has 1 fully saturated rings. The van der Waals surface area contributed by atoms with Crippen molar-refractivity contribution in [3.63, 3.8) is 0 Å². The molecule has 1 N–H and O–H groups in total. The van der Waals surface area contributed by atoms with Crippen molar-refractivity contribution in [2.75, 3.05) is 18.4 Å². The number of benzene rings is 1. The Kier molecular flexibility index (Phi) is 6.55. The van der Waals surface area contributed by atoms with Crippen LogP contribution in [0.3, 0.4) is 0 Å². The predicted molar refractivity (Wildman–Crippen MR) is 93.5 cm³/mol. The summed E-state index contributed by atoms with van der Waals surface area (Å²) in [5.41, 5.74) is 0.448. The van der Waals surface area contributed by atoms with Crippen molar-refractivity contribution in [2.24, 2.45) is 0 Å². The van der Waals surface area contributed by atoms with Crippen LogP contribution >= 0.6 is 0 Å². The highest BCUT2D eigenvalue weighted by molar-refractivity contribution is 7.89. The molecule has 1 heterocycles. The van der Waals surface area contributed by atoms with E-state index in [4.69, 9.17) is 4.74 Å². The molecule has 25 heavy (non-hydrogen) atoms. The Morgan fingerprint density at radius 1 is 1.20 bits per heavy atom. The van der Waals surface area contributed by atoms with Crippen LogP contribution in [-0.4, -0.2) is 43.8 Å². The van der Waals surface area contributed by atoms with Gasteiger partial charge >= 0.3 is 5.97 Å². The van der Waals surface area contributed by atoms with E-state index in [1.54, 1.807) is 0 Å². The first-order chi connectivity index (χ1) is 11.8. The Labute approximate surface area is 148 Å². The van der Waals surface area contributed by atoms with Gasteiger partial charge in [0.2, 0.25) is 10.0 Å². The van der Waals surface area contributed by atoms with Crippen LogP contribution in [0.15, 0.2) is 29.2 Å². The molecule has 0 bridgehead atoms. The van der Waals surface area contributed by atoms with Gasteiger partial charge in [-0.05, 0) is 50.5 Å². The van der Waals surface area contributed by atoms with Crippen molar-refractivity contribution in [1.29, 1.82) is 0 Å². The topological polar surface area (TPSA) is 92.8 Å². The molecule has 1 amide bonds. The van der Waals surface area contributed by atoms with E-state index in [2.05, 4.69) is 5.32 Å². The van der Waals surface area contributed by atoms with Crippen LogP contribution in [0, 0.1) is 0 Å². The lowest BCUT2D eigenvalue weighted by Gasteiger charge is -2.16. The average Bonchev–Trinajstić information content (AvgIpc) is 3.10. The van der Waals surface area contributed by atoms with E-state index in [0.717, 1.165) is 12.8 Å². The van der Waals surface area contributed by atoms with Gasteiger partial charge in [0.05, 0.1) is 4.90 Å². The number of carbonyl (C=O) groups is 2. The summed E-state index contributed by atoms with van der Waals surface area (Å²) < 4.78 is 31.4. The van der Waals surface area contributed by atoms with Gasteiger partial charge in [-0.25, -0.2) is 8.42 Å². The third-order valence-electron chi connectivity index (χ3n) is 3.96. The minimum atomic E-state index is -3.47. The number of nitrogens with zero attached hydrogens (tertiary/aromatic N) is 1. The lowest BCUT2D eigenvalue weighted by atomic mass is 10.3. The second-order valence-electron chi connectivity index (χ2n) is 6.01. The van der Waals surface area contributed by atoms with E-state index in [1.165, 1.54) is 35.5 Å². The van der Waals surface area contributed by atoms with Crippen molar-refractivity contribution < 1.29 is 22.7 Å². The fourth-order valence-electron chi connectivity index (χ4n) is 2.55. The van der Waals surface area contributed by atoms with Crippen molar-refractivity contribution >= 4 is 27.6 Å². The number of hydrogen-bond acceptors (Lipinski definition) is 5. The fourth-order valence-corrected chi connectivity index (χ4v) is 4.06. The maximum Gasteiger partial charge on any atom is 0.306 e.